The maximum atomic E-state index is 13.4. The van der Waals surface area contributed by atoms with Gasteiger partial charge in [-0.2, -0.15) is 4.98 Å². The van der Waals surface area contributed by atoms with Crippen molar-refractivity contribution < 1.29 is 14.0 Å². The Kier molecular flexibility index (Phi) is 4.92. The number of oxazole rings is 1. The van der Waals surface area contributed by atoms with Crippen LogP contribution in [0.1, 0.15) is 37.9 Å². The van der Waals surface area contributed by atoms with Crippen LogP contribution >= 0.6 is 0 Å². The quantitative estimate of drug-likeness (QED) is 0.155. The van der Waals surface area contributed by atoms with Crippen LogP contribution < -0.4 is 0 Å². The van der Waals surface area contributed by atoms with Gasteiger partial charge in [0, 0.05) is 28.4 Å². The molecular weight excluding hydrogens is 472 g/mol. The highest BCUT2D eigenvalue weighted by Crippen LogP contribution is 2.33. The summed E-state index contributed by atoms with van der Waals surface area (Å²) in [6.07, 6.45) is 1.63. The van der Waals surface area contributed by atoms with Gasteiger partial charge in [0.2, 0.25) is 0 Å². The van der Waals surface area contributed by atoms with Gasteiger partial charge >= 0.3 is 0 Å². The number of aromatic nitrogens is 2. The first-order valence-corrected chi connectivity index (χ1v) is 12.1. The summed E-state index contributed by atoms with van der Waals surface area (Å²) in [5.74, 6) is 5.77. The van der Waals surface area contributed by atoms with Crippen LogP contribution in [0.25, 0.3) is 33.8 Å². The van der Waals surface area contributed by atoms with Gasteiger partial charge in [0.15, 0.2) is 22.8 Å². The molecule has 1 aliphatic carbocycles. The molecule has 0 fully saturated rings. The van der Waals surface area contributed by atoms with Crippen LogP contribution in [-0.4, -0.2) is 21.1 Å². The van der Waals surface area contributed by atoms with Crippen molar-refractivity contribution in [1.29, 1.82) is 0 Å². The Hall–Kier alpha value is -5.47. The molecular formula is C33H18N2O3. The lowest BCUT2D eigenvalue weighted by molar-refractivity contribution is 0.0990. The number of ketones is 2. The average Bonchev–Trinajstić information content (AvgIpc) is 3.57. The highest BCUT2D eigenvalue weighted by Gasteiger charge is 2.34. The average molecular weight is 491 g/mol. The number of hydrogen-bond donors (Lipinski definition) is 0. The number of benzene rings is 4. The van der Waals surface area contributed by atoms with E-state index in [9.17, 15) is 9.59 Å². The molecule has 6 aromatic rings. The molecule has 4 aromatic carbocycles. The summed E-state index contributed by atoms with van der Waals surface area (Å²) in [7, 11) is 0. The van der Waals surface area contributed by atoms with Crippen LogP contribution in [0.4, 0.5) is 0 Å². The molecule has 0 amide bonds. The molecule has 1 aliphatic rings. The third-order valence-corrected chi connectivity index (χ3v) is 6.64. The van der Waals surface area contributed by atoms with Crippen LogP contribution in [0.2, 0.25) is 0 Å². The molecule has 0 unspecified atom stereocenters. The van der Waals surface area contributed by atoms with E-state index in [1.54, 1.807) is 24.3 Å². The Morgan fingerprint density at radius 1 is 0.711 bits per heavy atom. The second kappa shape index (κ2) is 8.58. The van der Waals surface area contributed by atoms with E-state index in [4.69, 9.17) is 4.42 Å². The zero-order chi connectivity index (χ0) is 25.6. The minimum Gasteiger partial charge on any atom is -0.428 e. The lowest BCUT2D eigenvalue weighted by atomic mass is 10.0. The van der Waals surface area contributed by atoms with Crippen molar-refractivity contribution in [3.05, 3.63) is 137 Å². The van der Waals surface area contributed by atoms with E-state index in [0.29, 0.717) is 28.1 Å². The van der Waals surface area contributed by atoms with Crippen molar-refractivity contribution in [2.75, 3.05) is 0 Å². The van der Waals surface area contributed by atoms with Crippen LogP contribution in [0.3, 0.4) is 0 Å². The minimum atomic E-state index is -0.282. The number of hydrogen-bond acceptors (Lipinski definition) is 4. The number of fused-ring (bicyclic) bond motifs is 3. The predicted octanol–water partition coefficient (Wildman–Crippen LogP) is 6.63. The summed E-state index contributed by atoms with van der Waals surface area (Å²) in [5, 5.41) is 1.85. The number of rotatable bonds is 2. The maximum Gasteiger partial charge on any atom is 0.276 e. The van der Waals surface area contributed by atoms with Gasteiger partial charge in [0.05, 0.1) is 11.3 Å². The molecule has 0 saturated carbocycles. The molecule has 0 atom stereocenters. The fraction of sp³-hybridized carbons (Fsp3) is 0. The Balaban J connectivity index is 1.36. The van der Waals surface area contributed by atoms with Gasteiger partial charge in [-0.15, -0.1) is 0 Å². The summed E-state index contributed by atoms with van der Waals surface area (Å²) in [6, 6.07) is 32.3. The summed E-state index contributed by atoms with van der Waals surface area (Å²) in [4.78, 5) is 31.4. The molecule has 178 valence electrons. The Bertz CT molecular complexity index is 1940. The first-order valence-electron chi connectivity index (χ1n) is 12.1. The van der Waals surface area contributed by atoms with Crippen LogP contribution in [0.5, 0.6) is 0 Å². The van der Waals surface area contributed by atoms with Crippen molar-refractivity contribution >= 4 is 39.6 Å². The van der Waals surface area contributed by atoms with Gasteiger partial charge in [-0.3, -0.25) is 14.2 Å². The van der Waals surface area contributed by atoms with E-state index in [1.165, 1.54) is 0 Å². The summed E-state index contributed by atoms with van der Waals surface area (Å²) < 4.78 is 7.83. The van der Waals surface area contributed by atoms with E-state index in [-0.39, 0.29) is 23.0 Å². The molecule has 2 heterocycles. The molecule has 0 saturated heterocycles. The Morgan fingerprint density at radius 2 is 1.32 bits per heavy atom. The molecule has 0 bridgehead atoms. The van der Waals surface area contributed by atoms with Crippen LogP contribution in [0, 0.1) is 11.8 Å². The van der Waals surface area contributed by atoms with E-state index in [1.807, 2.05) is 89.5 Å². The number of carbonyl (C=O) groups is 2. The number of nitrogens with zero attached hydrogens (tertiary/aromatic N) is 2. The second-order valence-electron chi connectivity index (χ2n) is 9.02. The number of carbonyl (C=O) groups excluding carboxylic acids is 2. The van der Waals surface area contributed by atoms with E-state index in [2.05, 4.69) is 16.8 Å². The second-order valence-corrected chi connectivity index (χ2v) is 9.02. The van der Waals surface area contributed by atoms with E-state index >= 15 is 0 Å². The summed E-state index contributed by atoms with van der Waals surface area (Å²) in [6.45, 7) is 0. The molecule has 2 aromatic heterocycles. The van der Waals surface area contributed by atoms with Gasteiger partial charge in [-0.1, -0.05) is 66.6 Å². The van der Waals surface area contributed by atoms with Gasteiger partial charge < -0.3 is 4.42 Å². The van der Waals surface area contributed by atoms with Crippen molar-refractivity contribution in [3.63, 3.8) is 0 Å². The Labute approximate surface area is 217 Å². The van der Waals surface area contributed by atoms with Crippen molar-refractivity contribution in [3.8, 4) is 17.5 Å². The molecule has 0 N–H and O–H groups in total. The first-order chi connectivity index (χ1) is 18.7. The first kappa shape index (κ1) is 21.8. The minimum absolute atomic E-state index is 0.122. The molecule has 5 heteroatoms. The van der Waals surface area contributed by atoms with Gasteiger partial charge in [-0.25, -0.2) is 0 Å². The fourth-order valence-electron chi connectivity index (χ4n) is 4.84. The monoisotopic (exact) mass is 490 g/mol. The number of allylic oxidation sites excluding steroid dienone is 1. The molecule has 0 spiro atoms. The lowest BCUT2D eigenvalue weighted by Gasteiger charge is -2.07. The van der Waals surface area contributed by atoms with Crippen molar-refractivity contribution in [2.45, 2.75) is 0 Å². The lowest BCUT2D eigenvalue weighted by Crippen LogP contribution is -2.03. The number of Topliss-reactive ketones (excluding diaryl/α,β-unsaturated/α-hetero) is 2. The molecule has 5 nitrogen and oxygen atoms in total. The predicted molar refractivity (Wildman–Crippen MR) is 146 cm³/mol. The van der Waals surface area contributed by atoms with Crippen LogP contribution in [-0.2, 0) is 0 Å². The third kappa shape index (κ3) is 3.56. The van der Waals surface area contributed by atoms with Crippen molar-refractivity contribution in [1.82, 2.24) is 9.55 Å². The zero-order valence-corrected chi connectivity index (χ0v) is 20.0. The van der Waals surface area contributed by atoms with Gasteiger partial charge in [0.1, 0.15) is 0 Å². The van der Waals surface area contributed by atoms with E-state index < -0.39 is 0 Å². The summed E-state index contributed by atoms with van der Waals surface area (Å²) >= 11 is 0. The van der Waals surface area contributed by atoms with Gasteiger partial charge in [0.25, 0.3) is 5.89 Å². The smallest absolute Gasteiger partial charge is 0.276 e. The van der Waals surface area contributed by atoms with E-state index in [0.717, 1.165) is 22.0 Å². The van der Waals surface area contributed by atoms with Crippen molar-refractivity contribution in [2.24, 2.45) is 0 Å². The number of para-hydroxylation sites is 1. The third-order valence-electron chi connectivity index (χ3n) is 6.64. The fourth-order valence-corrected chi connectivity index (χ4v) is 4.84. The van der Waals surface area contributed by atoms with Crippen LogP contribution in [0.15, 0.2) is 113 Å². The standard InChI is InChI=1S/C33H18N2O3/c36-31-26-17-22-11-7-8-12-23(22)18-27(26)32(37)28(31)19-25-20-29-33(35(25)24-13-5-2-6-14-24)34-30(38-29)16-15-21-9-3-1-4-10-21/h1-14,17-20H. The molecule has 7 rings (SSSR count). The largest absolute Gasteiger partial charge is 0.428 e. The normalized spacial score (nSPS) is 12.6. The highest BCUT2D eigenvalue weighted by molar-refractivity contribution is 6.42. The summed E-state index contributed by atoms with van der Waals surface area (Å²) in [5.41, 5.74) is 4.35. The molecule has 38 heavy (non-hydrogen) atoms. The zero-order valence-electron chi connectivity index (χ0n) is 20.0. The molecule has 0 radical (unpaired) electrons. The topological polar surface area (TPSA) is 65.1 Å². The Morgan fingerprint density at radius 3 is 1.97 bits per heavy atom. The van der Waals surface area contributed by atoms with Gasteiger partial charge in [-0.05, 0) is 59.2 Å². The SMILES string of the molecule is O=C1C(=Cc2cc3oc(C#Cc4ccccc4)nc3n2-c2ccccc2)C(=O)c2cc3ccccc3cc21. The maximum absolute atomic E-state index is 13.4. The highest BCUT2D eigenvalue weighted by atomic mass is 16.3. The molecule has 0 aliphatic heterocycles.